The number of carbonyl (C=O) groups is 1. The van der Waals surface area contributed by atoms with E-state index in [0.29, 0.717) is 11.5 Å². The molecule has 6 rings (SSSR count). The van der Waals surface area contributed by atoms with Crippen LogP contribution < -0.4 is 10.6 Å². The number of carbonyl (C=O) groups excluding carboxylic acids is 1. The van der Waals surface area contributed by atoms with Gasteiger partial charge >= 0.3 is 0 Å². The average molecular weight is 499 g/mol. The predicted molar refractivity (Wildman–Crippen MR) is 154 cm³/mol. The summed E-state index contributed by atoms with van der Waals surface area (Å²) in [4.78, 5) is 19.0. The fourth-order valence-corrected chi connectivity index (χ4v) is 4.09. The first-order chi connectivity index (χ1) is 18.8. The van der Waals surface area contributed by atoms with Crippen molar-refractivity contribution in [2.24, 2.45) is 0 Å². The highest BCUT2D eigenvalue weighted by Crippen LogP contribution is 2.42. The molecule has 0 atom stereocenters. The Morgan fingerprint density at radius 2 is 1.26 bits per heavy atom. The second-order valence-electron chi connectivity index (χ2n) is 8.42. The maximum atomic E-state index is 10.0. The van der Waals surface area contributed by atoms with Crippen LogP contribution in [0, 0.1) is 0 Å². The predicted octanol–water partition coefficient (Wildman–Crippen LogP) is 7.84. The van der Waals surface area contributed by atoms with Gasteiger partial charge in [0.2, 0.25) is 5.71 Å². The molecule has 6 heteroatoms. The van der Waals surface area contributed by atoms with Gasteiger partial charge in [-0.05, 0) is 29.8 Å². The van der Waals surface area contributed by atoms with Crippen LogP contribution in [0.3, 0.4) is 0 Å². The zero-order valence-corrected chi connectivity index (χ0v) is 20.8. The Morgan fingerprint density at radius 1 is 0.684 bits per heavy atom. The van der Waals surface area contributed by atoms with E-state index in [1.807, 2.05) is 98.0 Å². The third-order valence-corrected chi connectivity index (χ3v) is 5.96. The van der Waals surface area contributed by atoms with Crippen LogP contribution in [0.15, 0.2) is 126 Å². The maximum absolute atomic E-state index is 10.0. The zero-order valence-electron chi connectivity index (χ0n) is 20.8. The Bertz CT molecular complexity index is 1620. The van der Waals surface area contributed by atoms with Crippen LogP contribution in [0.1, 0.15) is 10.4 Å². The van der Waals surface area contributed by atoms with Gasteiger partial charge < -0.3 is 15.1 Å². The van der Waals surface area contributed by atoms with Gasteiger partial charge in [0.15, 0.2) is 0 Å². The zero-order chi connectivity index (χ0) is 26.2. The number of rotatable bonds is 6. The largest absolute Gasteiger partial charge is 0.437 e. The molecule has 0 amide bonds. The lowest BCUT2D eigenvalue weighted by molar-refractivity contribution is 0.112. The van der Waals surface area contributed by atoms with Gasteiger partial charge in [0.25, 0.3) is 0 Å². The Hall–Kier alpha value is -5.23. The van der Waals surface area contributed by atoms with E-state index in [1.165, 1.54) is 6.33 Å². The molecule has 0 saturated heterocycles. The number of hydrogen-bond donors (Lipinski definition) is 2. The number of aldehydes is 1. The van der Waals surface area contributed by atoms with Crippen molar-refractivity contribution in [3.8, 4) is 22.5 Å². The summed E-state index contributed by atoms with van der Waals surface area (Å²) in [5.74, 6) is 1.49. The highest BCUT2D eigenvalue weighted by Gasteiger charge is 2.22. The first-order valence-electron chi connectivity index (χ1n) is 12.2. The number of furan rings is 1. The van der Waals surface area contributed by atoms with Gasteiger partial charge in [0.1, 0.15) is 24.2 Å². The molecule has 2 aromatic heterocycles. The van der Waals surface area contributed by atoms with Crippen LogP contribution in [0.5, 0.6) is 0 Å². The molecule has 38 heavy (non-hydrogen) atoms. The first kappa shape index (κ1) is 24.5. The summed E-state index contributed by atoms with van der Waals surface area (Å²) in [5.41, 5.74) is 6.30. The van der Waals surface area contributed by atoms with Crippen molar-refractivity contribution in [3.63, 3.8) is 0 Å². The molecule has 4 aromatic carbocycles. The number of nitrogens with one attached hydrogen (secondary N) is 2. The van der Waals surface area contributed by atoms with Crippen LogP contribution >= 0.6 is 0 Å². The van der Waals surface area contributed by atoms with E-state index < -0.39 is 0 Å². The minimum absolute atomic E-state index is 0.553. The number of nitrogens with zero attached hydrogens (tertiary/aromatic N) is 2. The lowest BCUT2D eigenvalue weighted by Gasteiger charge is -2.09. The molecule has 0 aliphatic carbocycles. The standard InChI is InChI=1S/C25H20N4O.C7H6O/c1-26-19-12-14-20(15-13-19)29-24-22-21(17-8-4-2-5-9-17)23(18-10-6-3-7-11-18)30-25(22)28-16-27-24;8-6-7-4-2-1-3-5-7/h2-16,26H,1H3,(H,27,28,29);1-6H. The van der Waals surface area contributed by atoms with E-state index in [9.17, 15) is 4.79 Å². The molecule has 2 N–H and O–H groups in total. The molecule has 0 radical (unpaired) electrons. The van der Waals surface area contributed by atoms with Crippen molar-refractivity contribution in [2.75, 3.05) is 17.7 Å². The van der Waals surface area contributed by atoms with E-state index in [4.69, 9.17) is 4.42 Å². The van der Waals surface area contributed by atoms with Crippen molar-refractivity contribution >= 4 is 34.6 Å². The molecule has 6 nitrogen and oxygen atoms in total. The van der Waals surface area contributed by atoms with Gasteiger partial charge in [-0.2, -0.15) is 0 Å². The highest BCUT2D eigenvalue weighted by atomic mass is 16.3. The molecule has 0 fully saturated rings. The minimum atomic E-state index is 0.553. The number of aromatic nitrogens is 2. The Labute approximate surface area is 221 Å². The van der Waals surface area contributed by atoms with Crippen molar-refractivity contribution < 1.29 is 9.21 Å². The molecule has 0 saturated carbocycles. The minimum Gasteiger partial charge on any atom is -0.437 e. The summed E-state index contributed by atoms with van der Waals surface area (Å²) < 4.78 is 6.25. The van der Waals surface area contributed by atoms with Crippen LogP contribution in [0.25, 0.3) is 33.6 Å². The molecule has 0 unspecified atom stereocenters. The smallest absolute Gasteiger partial charge is 0.232 e. The quantitative estimate of drug-likeness (QED) is 0.228. The summed E-state index contributed by atoms with van der Waals surface area (Å²) in [5, 5.41) is 7.43. The monoisotopic (exact) mass is 498 g/mol. The van der Waals surface area contributed by atoms with E-state index in [2.05, 4.69) is 32.7 Å². The fraction of sp³-hybridized carbons (Fsp3) is 0.0312. The van der Waals surface area contributed by atoms with Gasteiger partial charge in [-0.3, -0.25) is 4.79 Å². The second-order valence-corrected chi connectivity index (χ2v) is 8.42. The van der Waals surface area contributed by atoms with Crippen LogP contribution in [-0.2, 0) is 0 Å². The van der Waals surface area contributed by atoms with Crippen LogP contribution in [0.4, 0.5) is 17.2 Å². The van der Waals surface area contributed by atoms with E-state index in [1.54, 1.807) is 12.1 Å². The summed E-state index contributed by atoms with van der Waals surface area (Å²) in [6.45, 7) is 0. The Kier molecular flexibility index (Phi) is 7.51. The van der Waals surface area contributed by atoms with Crippen LogP contribution in [0.2, 0.25) is 0 Å². The lowest BCUT2D eigenvalue weighted by atomic mass is 9.99. The van der Waals surface area contributed by atoms with E-state index >= 15 is 0 Å². The molecule has 186 valence electrons. The summed E-state index contributed by atoms with van der Waals surface area (Å²) >= 11 is 0. The van der Waals surface area contributed by atoms with Gasteiger partial charge in [0, 0.05) is 35.1 Å². The van der Waals surface area contributed by atoms with Crippen molar-refractivity contribution in [2.45, 2.75) is 0 Å². The van der Waals surface area contributed by atoms with Crippen LogP contribution in [-0.4, -0.2) is 23.3 Å². The third kappa shape index (κ3) is 5.44. The molecule has 6 aromatic rings. The molecule has 0 aliphatic heterocycles. The maximum Gasteiger partial charge on any atom is 0.232 e. The summed E-state index contributed by atoms with van der Waals surface area (Å²) in [6.07, 6.45) is 2.36. The molecular formula is C32H26N4O2. The average Bonchev–Trinajstić information content (AvgIpc) is 3.40. The van der Waals surface area contributed by atoms with Gasteiger partial charge in [-0.25, -0.2) is 9.97 Å². The topological polar surface area (TPSA) is 80.1 Å². The van der Waals surface area contributed by atoms with E-state index in [0.717, 1.165) is 51.1 Å². The normalized spacial score (nSPS) is 10.3. The second kappa shape index (κ2) is 11.7. The number of fused-ring (bicyclic) bond motifs is 1. The Balaban J connectivity index is 0.000000316. The Morgan fingerprint density at radius 3 is 1.84 bits per heavy atom. The van der Waals surface area contributed by atoms with Crippen molar-refractivity contribution in [1.29, 1.82) is 0 Å². The highest BCUT2D eigenvalue weighted by molar-refractivity contribution is 6.06. The van der Waals surface area contributed by atoms with Crippen molar-refractivity contribution in [1.82, 2.24) is 9.97 Å². The summed E-state index contributed by atoms with van der Waals surface area (Å²) in [6, 6.07) is 37.5. The van der Waals surface area contributed by atoms with Gasteiger partial charge in [-0.15, -0.1) is 0 Å². The van der Waals surface area contributed by atoms with Gasteiger partial charge in [-0.1, -0.05) is 91.0 Å². The molecule has 0 spiro atoms. The lowest BCUT2D eigenvalue weighted by Crippen LogP contribution is -1.96. The fourth-order valence-electron chi connectivity index (χ4n) is 4.09. The molecule has 0 aliphatic rings. The first-order valence-corrected chi connectivity index (χ1v) is 12.2. The number of hydrogen-bond acceptors (Lipinski definition) is 6. The van der Waals surface area contributed by atoms with Gasteiger partial charge in [0.05, 0.1) is 5.39 Å². The van der Waals surface area contributed by atoms with E-state index in [-0.39, 0.29) is 0 Å². The summed E-state index contributed by atoms with van der Waals surface area (Å²) in [7, 11) is 1.90. The molecule has 0 bridgehead atoms. The third-order valence-electron chi connectivity index (χ3n) is 5.96. The number of benzene rings is 4. The SMILES string of the molecule is CNc1ccc(Nc2ncnc3oc(-c4ccccc4)c(-c4ccccc4)c23)cc1.O=Cc1ccccc1. The molecule has 2 heterocycles. The molecular weight excluding hydrogens is 472 g/mol. The number of anilines is 3. The van der Waals surface area contributed by atoms with Crippen molar-refractivity contribution in [3.05, 3.63) is 127 Å².